The molecule has 5 nitrogen and oxygen atoms in total. The molecule has 2 amide bonds. The van der Waals surface area contributed by atoms with Gasteiger partial charge in [0.05, 0.1) is 19.4 Å². The van der Waals surface area contributed by atoms with Crippen molar-refractivity contribution in [3.8, 4) is 0 Å². The van der Waals surface area contributed by atoms with Crippen LogP contribution in [0.5, 0.6) is 0 Å². The van der Waals surface area contributed by atoms with Gasteiger partial charge in [0.15, 0.2) is 0 Å². The second-order valence-corrected chi connectivity index (χ2v) is 5.68. The minimum Gasteiger partial charge on any atom is -0.467 e. The molecule has 0 fully saturated rings. The summed E-state index contributed by atoms with van der Waals surface area (Å²) in [4.78, 5) is 23.3. The van der Waals surface area contributed by atoms with Crippen LogP contribution in [0.25, 0.3) is 0 Å². The number of halogens is 1. The molecule has 0 atom stereocenters. The molecular formula is C16H17BrN2O3. The largest absolute Gasteiger partial charge is 0.467 e. The molecule has 0 aliphatic carbocycles. The summed E-state index contributed by atoms with van der Waals surface area (Å²) in [7, 11) is 0. The van der Waals surface area contributed by atoms with Gasteiger partial charge >= 0.3 is 0 Å². The molecule has 0 saturated heterocycles. The van der Waals surface area contributed by atoms with Crippen LogP contribution in [0, 0.1) is 0 Å². The Bertz CT molecular complexity index is 626. The summed E-state index contributed by atoms with van der Waals surface area (Å²) >= 11 is 3.39. The second kappa shape index (κ2) is 8.38. The Morgan fingerprint density at radius 3 is 2.68 bits per heavy atom. The van der Waals surface area contributed by atoms with Gasteiger partial charge in [0.25, 0.3) is 0 Å². The van der Waals surface area contributed by atoms with Crippen LogP contribution in [0.4, 0.5) is 0 Å². The first-order chi connectivity index (χ1) is 10.6. The average molecular weight is 365 g/mol. The summed E-state index contributed by atoms with van der Waals surface area (Å²) in [5.41, 5.74) is 1.08. The molecular weight excluding hydrogens is 348 g/mol. The van der Waals surface area contributed by atoms with E-state index in [2.05, 4.69) is 26.6 Å². The van der Waals surface area contributed by atoms with E-state index in [-0.39, 0.29) is 18.4 Å². The number of furan rings is 1. The molecule has 0 spiro atoms. The van der Waals surface area contributed by atoms with Crippen LogP contribution < -0.4 is 10.6 Å². The highest BCUT2D eigenvalue weighted by atomic mass is 79.9. The zero-order valence-electron chi connectivity index (χ0n) is 12.0. The Hall–Kier alpha value is -2.08. The predicted octanol–water partition coefficient (Wildman–Crippen LogP) is 2.41. The molecule has 1 heterocycles. The molecule has 0 aliphatic heterocycles. The topological polar surface area (TPSA) is 71.3 Å². The molecule has 0 radical (unpaired) electrons. The third-order valence-corrected chi connectivity index (χ3v) is 3.51. The van der Waals surface area contributed by atoms with Crippen LogP contribution >= 0.6 is 15.9 Å². The molecule has 0 aliphatic rings. The highest BCUT2D eigenvalue weighted by molar-refractivity contribution is 9.10. The number of nitrogens with one attached hydrogen (secondary N) is 2. The fraction of sp³-hybridized carbons (Fsp3) is 0.250. The number of carbonyl (C=O) groups excluding carboxylic acids is 2. The number of carbonyl (C=O) groups is 2. The van der Waals surface area contributed by atoms with Crippen molar-refractivity contribution >= 4 is 27.7 Å². The Kier molecular flexibility index (Phi) is 6.21. The van der Waals surface area contributed by atoms with Gasteiger partial charge in [-0.15, -0.1) is 0 Å². The van der Waals surface area contributed by atoms with E-state index >= 15 is 0 Å². The number of benzene rings is 1. The van der Waals surface area contributed by atoms with E-state index in [0.717, 1.165) is 10.0 Å². The molecule has 22 heavy (non-hydrogen) atoms. The fourth-order valence-corrected chi connectivity index (χ4v) is 2.33. The van der Waals surface area contributed by atoms with Gasteiger partial charge in [0, 0.05) is 10.9 Å². The summed E-state index contributed by atoms with van der Waals surface area (Å²) in [5, 5.41) is 5.27. The SMILES string of the molecule is O=C(CCc1cccc(Br)c1)NCC(=O)NCc1ccco1. The maximum atomic E-state index is 11.7. The molecule has 1 aromatic heterocycles. The molecule has 116 valence electrons. The second-order valence-electron chi connectivity index (χ2n) is 4.76. The Labute approximate surface area is 137 Å². The van der Waals surface area contributed by atoms with Crippen molar-refractivity contribution in [2.75, 3.05) is 6.54 Å². The fourth-order valence-electron chi connectivity index (χ4n) is 1.88. The van der Waals surface area contributed by atoms with Crippen molar-refractivity contribution < 1.29 is 14.0 Å². The lowest BCUT2D eigenvalue weighted by Gasteiger charge is -2.06. The highest BCUT2D eigenvalue weighted by Crippen LogP contribution is 2.12. The zero-order valence-corrected chi connectivity index (χ0v) is 13.6. The van der Waals surface area contributed by atoms with Gasteiger partial charge in [-0.25, -0.2) is 0 Å². The van der Waals surface area contributed by atoms with Crippen molar-refractivity contribution in [1.29, 1.82) is 0 Å². The monoisotopic (exact) mass is 364 g/mol. The predicted molar refractivity (Wildman–Crippen MR) is 86.0 cm³/mol. The van der Waals surface area contributed by atoms with Crippen LogP contribution in [-0.4, -0.2) is 18.4 Å². The van der Waals surface area contributed by atoms with Crippen LogP contribution in [-0.2, 0) is 22.6 Å². The first kappa shape index (κ1) is 16.3. The van der Waals surface area contributed by atoms with Crippen molar-refractivity contribution in [3.05, 3.63) is 58.5 Å². The maximum Gasteiger partial charge on any atom is 0.239 e. The third-order valence-electron chi connectivity index (χ3n) is 3.02. The first-order valence-electron chi connectivity index (χ1n) is 6.94. The lowest BCUT2D eigenvalue weighted by atomic mass is 10.1. The number of aryl methyl sites for hydroxylation is 1. The number of rotatable bonds is 7. The zero-order chi connectivity index (χ0) is 15.8. The van der Waals surface area contributed by atoms with E-state index in [9.17, 15) is 9.59 Å². The summed E-state index contributed by atoms with van der Waals surface area (Å²) in [6.07, 6.45) is 2.53. The first-order valence-corrected chi connectivity index (χ1v) is 7.73. The summed E-state index contributed by atoms with van der Waals surface area (Å²) in [6.45, 7) is 0.289. The van der Waals surface area contributed by atoms with Gasteiger partial charge < -0.3 is 15.1 Å². The van der Waals surface area contributed by atoms with E-state index in [1.807, 2.05) is 24.3 Å². The number of amides is 2. The molecule has 2 N–H and O–H groups in total. The van der Waals surface area contributed by atoms with E-state index < -0.39 is 0 Å². The van der Waals surface area contributed by atoms with E-state index in [0.29, 0.717) is 25.1 Å². The summed E-state index contributed by atoms with van der Waals surface area (Å²) in [5.74, 6) is 0.287. The molecule has 6 heteroatoms. The Morgan fingerprint density at radius 2 is 1.95 bits per heavy atom. The lowest BCUT2D eigenvalue weighted by Crippen LogP contribution is -2.36. The van der Waals surface area contributed by atoms with Gasteiger partial charge in [-0.05, 0) is 36.2 Å². The maximum absolute atomic E-state index is 11.7. The third kappa shape index (κ3) is 5.73. The summed E-state index contributed by atoms with van der Waals surface area (Å²) in [6, 6.07) is 11.3. The van der Waals surface area contributed by atoms with Crippen molar-refractivity contribution in [2.45, 2.75) is 19.4 Å². The number of hydrogen-bond acceptors (Lipinski definition) is 3. The van der Waals surface area contributed by atoms with Crippen LogP contribution in [0.1, 0.15) is 17.7 Å². The van der Waals surface area contributed by atoms with Gasteiger partial charge in [0.2, 0.25) is 11.8 Å². The minimum absolute atomic E-state index is 0.0297. The Balaban J connectivity index is 1.63. The van der Waals surface area contributed by atoms with Crippen molar-refractivity contribution in [2.24, 2.45) is 0 Å². The van der Waals surface area contributed by atoms with Crippen molar-refractivity contribution in [3.63, 3.8) is 0 Å². The Morgan fingerprint density at radius 1 is 1.09 bits per heavy atom. The standard InChI is InChI=1S/C16H17BrN2O3/c17-13-4-1-3-12(9-13)6-7-15(20)19-11-16(21)18-10-14-5-2-8-22-14/h1-5,8-9H,6-7,10-11H2,(H,18,21)(H,19,20). The minimum atomic E-state index is -0.243. The molecule has 0 bridgehead atoms. The van der Waals surface area contributed by atoms with Crippen LogP contribution in [0.3, 0.4) is 0 Å². The van der Waals surface area contributed by atoms with Gasteiger partial charge in [-0.3, -0.25) is 9.59 Å². The molecule has 0 saturated carbocycles. The number of hydrogen-bond donors (Lipinski definition) is 2. The quantitative estimate of drug-likeness (QED) is 0.792. The van der Waals surface area contributed by atoms with Gasteiger partial charge in [-0.2, -0.15) is 0 Å². The summed E-state index contributed by atoms with van der Waals surface area (Å²) < 4.78 is 6.09. The molecule has 2 aromatic rings. The lowest BCUT2D eigenvalue weighted by molar-refractivity contribution is -0.126. The van der Waals surface area contributed by atoms with E-state index in [1.165, 1.54) is 0 Å². The molecule has 2 rings (SSSR count). The van der Waals surface area contributed by atoms with Gasteiger partial charge in [0.1, 0.15) is 5.76 Å². The average Bonchev–Trinajstić information content (AvgIpc) is 3.02. The molecule has 1 aromatic carbocycles. The smallest absolute Gasteiger partial charge is 0.239 e. The molecule has 0 unspecified atom stereocenters. The van der Waals surface area contributed by atoms with Crippen LogP contribution in [0.2, 0.25) is 0 Å². The van der Waals surface area contributed by atoms with E-state index in [4.69, 9.17) is 4.42 Å². The van der Waals surface area contributed by atoms with Gasteiger partial charge in [-0.1, -0.05) is 28.1 Å². The van der Waals surface area contributed by atoms with Crippen molar-refractivity contribution in [1.82, 2.24) is 10.6 Å². The highest BCUT2D eigenvalue weighted by Gasteiger charge is 2.06. The van der Waals surface area contributed by atoms with E-state index in [1.54, 1.807) is 18.4 Å². The normalized spacial score (nSPS) is 10.2. The van der Waals surface area contributed by atoms with Crippen LogP contribution in [0.15, 0.2) is 51.6 Å².